The Morgan fingerprint density at radius 3 is 2.29 bits per heavy atom. The molecule has 1 rings (SSSR count). The lowest BCUT2D eigenvalue weighted by molar-refractivity contribution is -0.141. The standard InChI is InChI=1S/C17H26N2O7S2/c1-12(2)16(17(21)18-22)19(8-11-27)28(23,24)15-6-4-14(5-7-15)26-10-9-25-13(3)20/h4-7,12,16,22,27H,8-11H2,1-3H3,(H,18,21)/t16-/m1/s1. The van der Waals surface area contributed by atoms with E-state index in [0.717, 1.165) is 4.31 Å². The van der Waals surface area contributed by atoms with Crippen LogP contribution in [-0.2, 0) is 24.3 Å². The minimum atomic E-state index is -4.03. The first-order chi connectivity index (χ1) is 13.1. The lowest BCUT2D eigenvalue weighted by Crippen LogP contribution is -2.52. The molecule has 0 aliphatic heterocycles. The van der Waals surface area contributed by atoms with Crippen molar-refractivity contribution >= 4 is 34.5 Å². The van der Waals surface area contributed by atoms with Gasteiger partial charge in [-0.2, -0.15) is 16.9 Å². The van der Waals surface area contributed by atoms with E-state index < -0.39 is 27.9 Å². The SMILES string of the molecule is CC(=O)OCCOc1ccc(S(=O)(=O)N(CCS)[C@@H](C(=O)NO)C(C)C)cc1. The Morgan fingerprint density at radius 1 is 1.21 bits per heavy atom. The molecule has 158 valence electrons. The number of amides is 1. The summed E-state index contributed by atoms with van der Waals surface area (Å²) >= 11 is 4.09. The van der Waals surface area contributed by atoms with Gasteiger partial charge in [-0.05, 0) is 30.2 Å². The summed E-state index contributed by atoms with van der Waals surface area (Å²) in [6.07, 6.45) is 0. The van der Waals surface area contributed by atoms with Gasteiger partial charge >= 0.3 is 5.97 Å². The number of carbonyl (C=O) groups is 2. The fourth-order valence-electron chi connectivity index (χ4n) is 2.53. The van der Waals surface area contributed by atoms with Crippen molar-refractivity contribution in [2.24, 2.45) is 5.92 Å². The Bertz CT molecular complexity index is 751. The Kier molecular flexibility index (Phi) is 9.73. The minimum absolute atomic E-state index is 0.0116. The predicted molar refractivity (Wildman–Crippen MR) is 105 cm³/mol. The van der Waals surface area contributed by atoms with E-state index in [1.54, 1.807) is 13.8 Å². The van der Waals surface area contributed by atoms with Gasteiger partial charge < -0.3 is 9.47 Å². The maximum Gasteiger partial charge on any atom is 0.302 e. The van der Waals surface area contributed by atoms with Crippen molar-refractivity contribution in [2.45, 2.75) is 31.7 Å². The highest BCUT2D eigenvalue weighted by Gasteiger charge is 2.37. The molecule has 0 saturated carbocycles. The van der Waals surface area contributed by atoms with Crippen molar-refractivity contribution in [1.82, 2.24) is 9.79 Å². The molecular formula is C17H26N2O7S2. The van der Waals surface area contributed by atoms with Gasteiger partial charge in [-0.15, -0.1) is 0 Å². The number of sulfonamides is 1. The summed E-state index contributed by atoms with van der Waals surface area (Å²) in [5.74, 6) is -1.02. The van der Waals surface area contributed by atoms with Gasteiger partial charge in [-0.3, -0.25) is 14.8 Å². The van der Waals surface area contributed by atoms with Crippen LogP contribution in [0.15, 0.2) is 29.2 Å². The molecule has 0 unspecified atom stereocenters. The van der Waals surface area contributed by atoms with E-state index in [9.17, 15) is 18.0 Å². The first kappa shape index (κ1) is 24.2. The van der Waals surface area contributed by atoms with Crippen molar-refractivity contribution < 1.29 is 32.7 Å². The highest BCUT2D eigenvalue weighted by molar-refractivity contribution is 7.89. The number of benzene rings is 1. The van der Waals surface area contributed by atoms with Gasteiger partial charge in [0.05, 0.1) is 4.90 Å². The third-order valence-electron chi connectivity index (χ3n) is 3.73. The number of ether oxygens (including phenoxy) is 2. The molecule has 0 aliphatic rings. The first-order valence-corrected chi connectivity index (χ1v) is 10.6. The van der Waals surface area contributed by atoms with Gasteiger partial charge in [0.1, 0.15) is 25.0 Å². The molecule has 0 saturated heterocycles. The molecule has 11 heteroatoms. The molecule has 1 aromatic carbocycles. The number of thiol groups is 1. The van der Waals surface area contributed by atoms with Gasteiger partial charge in [0, 0.05) is 19.2 Å². The quantitative estimate of drug-likeness (QED) is 0.157. The predicted octanol–water partition coefficient (Wildman–Crippen LogP) is 1.08. The maximum absolute atomic E-state index is 13.1. The van der Waals surface area contributed by atoms with Crippen LogP contribution in [0.1, 0.15) is 20.8 Å². The van der Waals surface area contributed by atoms with E-state index in [0.29, 0.717) is 5.75 Å². The number of hydroxylamine groups is 1. The van der Waals surface area contributed by atoms with Crippen LogP contribution in [0.25, 0.3) is 0 Å². The number of nitrogens with one attached hydrogen (secondary N) is 1. The molecule has 0 heterocycles. The molecule has 0 bridgehead atoms. The van der Waals surface area contributed by atoms with Crippen LogP contribution >= 0.6 is 12.6 Å². The second-order valence-electron chi connectivity index (χ2n) is 6.16. The Balaban J connectivity index is 3.03. The molecule has 1 aromatic rings. The number of hydrogen-bond acceptors (Lipinski definition) is 8. The summed E-state index contributed by atoms with van der Waals surface area (Å²) in [6.45, 7) is 4.85. The molecule has 0 radical (unpaired) electrons. The van der Waals surface area contributed by atoms with Crippen LogP contribution < -0.4 is 10.2 Å². The minimum Gasteiger partial charge on any atom is -0.490 e. The smallest absolute Gasteiger partial charge is 0.302 e. The summed E-state index contributed by atoms with van der Waals surface area (Å²) in [6, 6.07) is 4.56. The van der Waals surface area contributed by atoms with Crippen LogP contribution in [0.4, 0.5) is 0 Å². The zero-order chi connectivity index (χ0) is 21.3. The molecule has 0 aliphatic carbocycles. The number of esters is 1. The molecular weight excluding hydrogens is 408 g/mol. The normalized spacial score (nSPS) is 12.7. The Labute approximate surface area is 170 Å². The largest absolute Gasteiger partial charge is 0.490 e. The molecule has 9 nitrogen and oxygen atoms in total. The summed E-state index contributed by atoms with van der Waals surface area (Å²) in [4.78, 5) is 22.7. The van der Waals surface area contributed by atoms with Crippen molar-refractivity contribution in [3.8, 4) is 5.75 Å². The van der Waals surface area contributed by atoms with Crippen molar-refractivity contribution in [3.05, 3.63) is 24.3 Å². The van der Waals surface area contributed by atoms with Crippen LogP contribution in [-0.4, -0.2) is 61.4 Å². The van der Waals surface area contributed by atoms with Crippen LogP contribution in [0, 0.1) is 5.92 Å². The topological polar surface area (TPSA) is 122 Å². The van der Waals surface area contributed by atoms with E-state index in [4.69, 9.17) is 14.7 Å². The summed E-state index contributed by atoms with van der Waals surface area (Å²) in [5, 5.41) is 8.99. The highest BCUT2D eigenvalue weighted by Crippen LogP contribution is 2.24. The van der Waals surface area contributed by atoms with Crippen LogP contribution in [0.2, 0.25) is 0 Å². The van der Waals surface area contributed by atoms with Gasteiger partial charge in [0.25, 0.3) is 5.91 Å². The average molecular weight is 435 g/mol. The number of rotatable bonds is 11. The van der Waals surface area contributed by atoms with Crippen LogP contribution in [0.5, 0.6) is 5.75 Å². The van der Waals surface area contributed by atoms with Gasteiger partial charge in [-0.1, -0.05) is 13.8 Å². The molecule has 2 N–H and O–H groups in total. The molecule has 0 fully saturated rings. The fourth-order valence-corrected chi connectivity index (χ4v) is 4.60. The van der Waals surface area contributed by atoms with Gasteiger partial charge in [-0.25, -0.2) is 13.9 Å². The van der Waals surface area contributed by atoms with Gasteiger partial charge in [0.15, 0.2) is 0 Å². The Hall–Kier alpha value is -1.82. The highest BCUT2D eigenvalue weighted by atomic mass is 32.2. The molecule has 1 amide bonds. The Morgan fingerprint density at radius 2 is 1.82 bits per heavy atom. The second kappa shape index (κ2) is 11.2. The van der Waals surface area contributed by atoms with Crippen LogP contribution in [0.3, 0.4) is 0 Å². The molecule has 0 spiro atoms. The van der Waals surface area contributed by atoms with E-state index in [1.807, 2.05) is 0 Å². The first-order valence-electron chi connectivity index (χ1n) is 8.58. The zero-order valence-corrected chi connectivity index (χ0v) is 17.7. The third-order valence-corrected chi connectivity index (χ3v) is 5.82. The summed E-state index contributed by atoms with van der Waals surface area (Å²) in [5.41, 5.74) is 1.53. The molecule has 28 heavy (non-hydrogen) atoms. The van der Waals surface area contributed by atoms with Crippen molar-refractivity contribution in [2.75, 3.05) is 25.5 Å². The number of hydrogen-bond donors (Lipinski definition) is 3. The van der Waals surface area contributed by atoms with E-state index in [-0.39, 0.29) is 36.3 Å². The van der Waals surface area contributed by atoms with E-state index in [2.05, 4.69) is 12.6 Å². The van der Waals surface area contributed by atoms with E-state index in [1.165, 1.54) is 36.7 Å². The number of carbonyl (C=O) groups excluding carboxylic acids is 2. The summed E-state index contributed by atoms with van der Waals surface area (Å²) < 4.78 is 37.3. The molecule has 0 aromatic heterocycles. The van der Waals surface area contributed by atoms with Crippen molar-refractivity contribution in [3.63, 3.8) is 0 Å². The number of nitrogens with zero attached hydrogens (tertiary/aromatic N) is 1. The third kappa shape index (κ3) is 6.66. The lowest BCUT2D eigenvalue weighted by atomic mass is 10.0. The second-order valence-corrected chi connectivity index (χ2v) is 8.50. The van der Waals surface area contributed by atoms with E-state index >= 15 is 0 Å². The maximum atomic E-state index is 13.1. The van der Waals surface area contributed by atoms with Crippen molar-refractivity contribution in [1.29, 1.82) is 0 Å². The average Bonchev–Trinajstić information content (AvgIpc) is 2.64. The summed E-state index contributed by atoms with van der Waals surface area (Å²) in [7, 11) is -4.03. The monoisotopic (exact) mass is 434 g/mol. The fraction of sp³-hybridized carbons (Fsp3) is 0.529. The lowest BCUT2D eigenvalue weighted by Gasteiger charge is -2.31. The zero-order valence-electron chi connectivity index (χ0n) is 16.0. The van der Waals surface area contributed by atoms with Gasteiger partial charge in [0.2, 0.25) is 10.0 Å². The molecule has 1 atom stereocenters.